The Kier molecular flexibility index (Phi) is 6.81. The van der Waals surface area contributed by atoms with Crippen molar-refractivity contribution in [2.45, 2.75) is 50.5 Å². The third kappa shape index (κ3) is 5.51. The third-order valence-electron chi connectivity index (χ3n) is 5.80. The maximum absolute atomic E-state index is 12.6. The van der Waals surface area contributed by atoms with E-state index in [-0.39, 0.29) is 22.7 Å². The molecular formula is C26H30N2O5S. The smallest absolute Gasteiger partial charge is 0.291 e. The highest BCUT2D eigenvalue weighted by molar-refractivity contribution is 7.89. The standard InChI is InChI=1S/C26H30N2O5S/c1-26(2,3)19-6-10-21(11-7-19)32-18-22-12-15-24(33-22)25(29)27-20-8-13-23(14-9-20)34(30,31)28-16-4-5-17-28/h6-15H,4-5,16-18H2,1-3H3,(H,27,29). The Hall–Kier alpha value is -3.10. The van der Waals surface area contributed by atoms with Gasteiger partial charge >= 0.3 is 0 Å². The molecular weight excluding hydrogens is 452 g/mol. The van der Waals surface area contributed by atoms with Crippen molar-refractivity contribution in [1.29, 1.82) is 0 Å². The van der Waals surface area contributed by atoms with E-state index in [0.717, 1.165) is 18.6 Å². The molecule has 8 heteroatoms. The van der Waals surface area contributed by atoms with Crippen molar-refractivity contribution < 1.29 is 22.4 Å². The molecule has 1 aliphatic rings. The monoisotopic (exact) mass is 482 g/mol. The number of anilines is 1. The predicted molar refractivity (Wildman–Crippen MR) is 131 cm³/mol. The molecule has 0 atom stereocenters. The number of benzene rings is 2. The average Bonchev–Trinajstić information content (AvgIpc) is 3.51. The van der Waals surface area contributed by atoms with Crippen molar-refractivity contribution in [2.75, 3.05) is 18.4 Å². The molecule has 1 saturated heterocycles. The van der Waals surface area contributed by atoms with E-state index in [9.17, 15) is 13.2 Å². The second kappa shape index (κ2) is 9.64. The van der Waals surface area contributed by atoms with Crippen LogP contribution >= 0.6 is 0 Å². The SMILES string of the molecule is CC(C)(C)c1ccc(OCc2ccc(C(=O)Nc3ccc(S(=O)(=O)N4CCCC4)cc3)o2)cc1. The summed E-state index contributed by atoms with van der Waals surface area (Å²) in [5.74, 6) is 0.975. The van der Waals surface area contributed by atoms with E-state index < -0.39 is 15.9 Å². The van der Waals surface area contributed by atoms with Crippen LogP contribution in [-0.2, 0) is 22.0 Å². The lowest BCUT2D eigenvalue weighted by Crippen LogP contribution is -2.27. The zero-order valence-electron chi connectivity index (χ0n) is 19.7. The lowest BCUT2D eigenvalue weighted by atomic mass is 9.87. The number of nitrogens with one attached hydrogen (secondary N) is 1. The van der Waals surface area contributed by atoms with Crippen LogP contribution in [0.25, 0.3) is 0 Å². The van der Waals surface area contributed by atoms with Crippen molar-refractivity contribution in [3.63, 3.8) is 0 Å². The molecule has 34 heavy (non-hydrogen) atoms. The van der Waals surface area contributed by atoms with Crippen LogP contribution in [-0.4, -0.2) is 31.7 Å². The van der Waals surface area contributed by atoms with Gasteiger partial charge in [-0.3, -0.25) is 4.79 Å². The van der Waals surface area contributed by atoms with E-state index in [1.807, 2.05) is 24.3 Å². The first-order chi connectivity index (χ1) is 16.1. The number of nitrogens with zero attached hydrogens (tertiary/aromatic N) is 1. The van der Waals surface area contributed by atoms with Gasteiger partial charge in [0.2, 0.25) is 10.0 Å². The first-order valence-corrected chi connectivity index (χ1v) is 12.8. The van der Waals surface area contributed by atoms with E-state index in [4.69, 9.17) is 9.15 Å². The Labute approximate surface area is 200 Å². The van der Waals surface area contributed by atoms with Crippen molar-refractivity contribution in [3.05, 3.63) is 77.7 Å². The summed E-state index contributed by atoms with van der Waals surface area (Å²) in [6, 6.07) is 17.4. The average molecular weight is 483 g/mol. The second-order valence-electron chi connectivity index (χ2n) is 9.42. The Morgan fingerprint density at radius 2 is 1.62 bits per heavy atom. The Morgan fingerprint density at radius 3 is 2.24 bits per heavy atom. The molecule has 7 nitrogen and oxygen atoms in total. The summed E-state index contributed by atoms with van der Waals surface area (Å²) in [5.41, 5.74) is 1.78. The summed E-state index contributed by atoms with van der Waals surface area (Å²) >= 11 is 0. The minimum atomic E-state index is -3.48. The molecule has 0 radical (unpaired) electrons. The summed E-state index contributed by atoms with van der Waals surface area (Å²) in [4.78, 5) is 12.8. The number of amides is 1. The van der Waals surface area contributed by atoms with Crippen LogP contribution in [0.2, 0.25) is 0 Å². The van der Waals surface area contributed by atoms with Gasteiger partial charge < -0.3 is 14.5 Å². The maximum atomic E-state index is 12.6. The first kappa shape index (κ1) is 24.0. The summed E-state index contributed by atoms with van der Waals surface area (Å²) in [5, 5.41) is 2.73. The number of carbonyl (C=O) groups excluding carboxylic acids is 1. The Bertz CT molecular complexity index is 1230. The number of sulfonamides is 1. The van der Waals surface area contributed by atoms with E-state index in [2.05, 4.69) is 26.1 Å². The molecule has 1 N–H and O–H groups in total. The van der Waals surface area contributed by atoms with E-state index >= 15 is 0 Å². The van der Waals surface area contributed by atoms with E-state index in [1.165, 1.54) is 22.0 Å². The first-order valence-electron chi connectivity index (χ1n) is 11.4. The summed E-state index contributed by atoms with van der Waals surface area (Å²) in [7, 11) is -3.48. The van der Waals surface area contributed by atoms with E-state index in [1.54, 1.807) is 24.3 Å². The molecule has 0 saturated carbocycles. The van der Waals surface area contributed by atoms with Crippen LogP contribution < -0.4 is 10.1 Å². The predicted octanol–water partition coefficient (Wildman–Crippen LogP) is 5.19. The zero-order chi connectivity index (χ0) is 24.3. The molecule has 180 valence electrons. The van der Waals surface area contributed by atoms with Gasteiger partial charge in [-0.2, -0.15) is 4.31 Å². The van der Waals surface area contributed by atoms with Crippen LogP contribution in [0.15, 0.2) is 70.0 Å². The van der Waals surface area contributed by atoms with Gasteiger partial charge in [0, 0.05) is 18.8 Å². The summed E-state index contributed by atoms with van der Waals surface area (Å²) < 4.78 is 38.1. The normalized spacial score (nSPS) is 14.8. The van der Waals surface area contributed by atoms with Gasteiger partial charge in [-0.15, -0.1) is 0 Å². The topological polar surface area (TPSA) is 88.8 Å². The Morgan fingerprint density at radius 1 is 0.971 bits per heavy atom. The van der Waals surface area contributed by atoms with Crippen LogP contribution in [0.4, 0.5) is 5.69 Å². The summed E-state index contributed by atoms with van der Waals surface area (Å²) in [6.07, 6.45) is 1.76. The molecule has 0 aliphatic carbocycles. The fourth-order valence-electron chi connectivity index (χ4n) is 3.76. The molecule has 2 aromatic carbocycles. The fraction of sp³-hybridized carbons (Fsp3) is 0.346. The number of rotatable bonds is 7. The number of hydrogen-bond donors (Lipinski definition) is 1. The molecule has 0 bridgehead atoms. The van der Waals surface area contributed by atoms with Gasteiger partial charge in [-0.05, 0) is 72.4 Å². The van der Waals surface area contributed by atoms with Gasteiger partial charge in [0.05, 0.1) is 4.90 Å². The third-order valence-corrected chi connectivity index (χ3v) is 7.71. The highest BCUT2D eigenvalue weighted by Crippen LogP contribution is 2.25. The number of ether oxygens (including phenoxy) is 1. The van der Waals surface area contributed by atoms with Crippen LogP contribution in [0.3, 0.4) is 0 Å². The van der Waals surface area contributed by atoms with Gasteiger partial charge in [0.25, 0.3) is 5.91 Å². The van der Waals surface area contributed by atoms with Crippen LogP contribution in [0.5, 0.6) is 5.75 Å². The lowest BCUT2D eigenvalue weighted by Gasteiger charge is -2.19. The van der Waals surface area contributed by atoms with Crippen LogP contribution in [0.1, 0.15) is 55.5 Å². The molecule has 0 unspecified atom stereocenters. The zero-order valence-corrected chi connectivity index (χ0v) is 20.5. The summed E-state index contributed by atoms with van der Waals surface area (Å²) in [6.45, 7) is 7.77. The molecule has 3 aromatic rings. The molecule has 1 fully saturated rings. The Balaban J connectivity index is 1.33. The number of carbonyl (C=O) groups is 1. The highest BCUT2D eigenvalue weighted by Gasteiger charge is 2.27. The van der Waals surface area contributed by atoms with Crippen LogP contribution in [0, 0.1) is 0 Å². The second-order valence-corrected chi connectivity index (χ2v) is 11.4. The van der Waals surface area contributed by atoms with Gasteiger partial charge in [-0.25, -0.2) is 8.42 Å². The van der Waals surface area contributed by atoms with Crippen molar-refractivity contribution >= 4 is 21.6 Å². The lowest BCUT2D eigenvalue weighted by molar-refractivity contribution is 0.0992. The fourth-order valence-corrected chi connectivity index (χ4v) is 5.28. The highest BCUT2D eigenvalue weighted by atomic mass is 32.2. The number of furan rings is 1. The molecule has 1 aliphatic heterocycles. The number of hydrogen-bond acceptors (Lipinski definition) is 5. The molecule has 4 rings (SSSR count). The van der Waals surface area contributed by atoms with Gasteiger partial charge in [0.1, 0.15) is 18.1 Å². The largest absolute Gasteiger partial charge is 0.486 e. The van der Waals surface area contributed by atoms with Gasteiger partial charge in [-0.1, -0.05) is 32.9 Å². The molecule has 0 spiro atoms. The molecule has 1 aromatic heterocycles. The van der Waals surface area contributed by atoms with Crippen molar-refractivity contribution in [3.8, 4) is 5.75 Å². The molecule has 2 heterocycles. The minimum absolute atomic E-state index is 0.0737. The van der Waals surface area contributed by atoms with Crippen molar-refractivity contribution in [2.24, 2.45) is 0 Å². The van der Waals surface area contributed by atoms with E-state index in [0.29, 0.717) is 24.5 Å². The van der Waals surface area contributed by atoms with Crippen molar-refractivity contribution in [1.82, 2.24) is 4.31 Å². The maximum Gasteiger partial charge on any atom is 0.291 e. The minimum Gasteiger partial charge on any atom is -0.486 e. The quantitative estimate of drug-likeness (QED) is 0.500. The van der Waals surface area contributed by atoms with Gasteiger partial charge in [0.15, 0.2) is 5.76 Å². The molecule has 1 amide bonds.